The fourth-order valence-electron chi connectivity index (χ4n) is 2.90. The first kappa shape index (κ1) is 24.5. The van der Waals surface area contributed by atoms with Crippen molar-refractivity contribution in [2.75, 3.05) is 6.61 Å². The Labute approximate surface area is 187 Å². The van der Waals surface area contributed by atoms with Gasteiger partial charge in [0.2, 0.25) is 0 Å². The number of carbonyl (C=O) groups excluding carboxylic acids is 1. The molecule has 2 aromatic carbocycles. The van der Waals surface area contributed by atoms with Gasteiger partial charge in [-0.3, -0.25) is 4.79 Å². The van der Waals surface area contributed by atoms with Crippen LogP contribution in [0.15, 0.2) is 42.5 Å². The van der Waals surface area contributed by atoms with Gasteiger partial charge in [0.1, 0.15) is 17.0 Å². The van der Waals surface area contributed by atoms with E-state index < -0.39 is 0 Å². The highest BCUT2D eigenvalue weighted by Crippen LogP contribution is 2.38. The molecule has 2 rings (SSSR count). The average molecular weight is 425 g/mol. The van der Waals surface area contributed by atoms with Crippen molar-refractivity contribution in [1.82, 2.24) is 0 Å². The van der Waals surface area contributed by atoms with Gasteiger partial charge in [-0.2, -0.15) is 0 Å². The van der Waals surface area contributed by atoms with Gasteiger partial charge in [0.05, 0.1) is 6.61 Å². The molecule has 0 aliphatic carbocycles. The Morgan fingerprint density at radius 2 is 1.52 bits per heavy atom. The van der Waals surface area contributed by atoms with Gasteiger partial charge in [-0.25, -0.2) is 0 Å². The fraction of sp³-hybridized carbons (Fsp3) is 0.444. The Hall–Kier alpha value is -2.75. The van der Waals surface area contributed by atoms with E-state index in [-0.39, 0.29) is 17.0 Å². The molecule has 2 aromatic rings. The second-order valence-corrected chi connectivity index (χ2v) is 9.61. The van der Waals surface area contributed by atoms with Crippen LogP contribution in [-0.4, -0.2) is 23.6 Å². The maximum atomic E-state index is 12.6. The third kappa shape index (κ3) is 7.78. The molecule has 0 heterocycles. The van der Waals surface area contributed by atoms with Crippen LogP contribution in [0.5, 0.6) is 17.2 Å². The largest absolute Gasteiger partial charge is 0.494 e. The van der Waals surface area contributed by atoms with Crippen LogP contribution >= 0.6 is 0 Å². The predicted molar refractivity (Wildman–Crippen MR) is 128 cm³/mol. The zero-order valence-electron chi connectivity index (χ0n) is 20.2. The van der Waals surface area contributed by atoms with Gasteiger partial charge in [-0.15, -0.1) is 0 Å². The van der Waals surface area contributed by atoms with E-state index in [4.69, 9.17) is 14.2 Å². The van der Waals surface area contributed by atoms with Crippen LogP contribution in [0.2, 0.25) is 0 Å². The van der Waals surface area contributed by atoms with Crippen molar-refractivity contribution in [2.24, 2.45) is 0 Å². The first-order chi connectivity index (χ1) is 14.4. The Balaban J connectivity index is 2.28. The third-order valence-corrected chi connectivity index (χ3v) is 4.26. The fourth-order valence-corrected chi connectivity index (χ4v) is 2.90. The molecule has 0 unspecified atom stereocenters. The summed E-state index contributed by atoms with van der Waals surface area (Å²) < 4.78 is 17.9. The molecule has 0 amide bonds. The minimum absolute atomic E-state index is 0.0604. The molecule has 0 fully saturated rings. The van der Waals surface area contributed by atoms with Gasteiger partial charge >= 0.3 is 0 Å². The first-order valence-corrected chi connectivity index (χ1v) is 10.9. The van der Waals surface area contributed by atoms with Crippen molar-refractivity contribution in [3.8, 4) is 17.2 Å². The quantitative estimate of drug-likeness (QED) is 0.337. The van der Waals surface area contributed by atoms with E-state index in [1.165, 1.54) is 0 Å². The maximum Gasteiger partial charge on any atom is 0.185 e. The Morgan fingerprint density at radius 3 is 2.06 bits per heavy atom. The topological polar surface area (TPSA) is 44.8 Å². The third-order valence-electron chi connectivity index (χ3n) is 4.26. The molecule has 0 spiro atoms. The molecule has 0 atom stereocenters. The lowest BCUT2D eigenvalue weighted by atomic mass is 10.0. The molecule has 0 saturated heterocycles. The Kier molecular flexibility index (Phi) is 7.94. The molecule has 168 valence electrons. The highest BCUT2D eigenvalue weighted by molar-refractivity contribution is 6.07. The summed E-state index contributed by atoms with van der Waals surface area (Å²) in [6.07, 6.45) is 4.37. The number of ether oxygens (including phenoxy) is 3. The van der Waals surface area contributed by atoms with E-state index in [0.29, 0.717) is 23.7 Å². The van der Waals surface area contributed by atoms with Crippen molar-refractivity contribution < 1.29 is 19.0 Å². The molecule has 4 nitrogen and oxygen atoms in total. The van der Waals surface area contributed by atoms with Crippen LogP contribution in [0.4, 0.5) is 0 Å². The lowest BCUT2D eigenvalue weighted by molar-refractivity contribution is 0.0950. The summed E-state index contributed by atoms with van der Waals surface area (Å²) >= 11 is 0. The number of rotatable bonds is 8. The summed E-state index contributed by atoms with van der Waals surface area (Å²) in [5, 5.41) is 0. The molecular formula is C27H36O4. The molecule has 0 radical (unpaired) electrons. The smallest absolute Gasteiger partial charge is 0.185 e. The zero-order chi connectivity index (χ0) is 23.2. The highest BCUT2D eigenvalue weighted by atomic mass is 16.5. The number of benzene rings is 2. The van der Waals surface area contributed by atoms with E-state index in [2.05, 4.69) is 6.92 Å². The predicted octanol–water partition coefficient (Wildman–Crippen LogP) is 7.03. The zero-order valence-corrected chi connectivity index (χ0v) is 20.2. The molecule has 0 aromatic heterocycles. The first-order valence-electron chi connectivity index (χ1n) is 10.9. The van der Waals surface area contributed by atoms with Crippen molar-refractivity contribution in [2.45, 2.75) is 73.0 Å². The standard InChI is InChI=1S/C27H36O4/c1-9-18-29-22-14-10-21(11-15-22)23(28)16-12-20-13-17-24(30-26(3,4)5)25(19(20)2)31-27(6,7)8/h10-17H,9,18H2,1-8H3/b16-12+. The Bertz CT molecular complexity index is 910. The van der Waals surface area contributed by atoms with Crippen LogP contribution in [-0.2, 0) is 0 Å². The molecule has 31 heavy (non-hydrogen) atoms. The number of allylic oxidation sites excluding steroid dienone is 1. The van der Waals surface area contributed by atoms with Crippen molar-refractivity contribution in [1.29, 1.82) is 0 Å². The molecule has 0 bridgehead atoms. The van der Waals surface area contributed by atoms with Gasteiger partial charge in [0.15, 0.2) is 17.3 Å². The highest BCUT2D eigenvalue weighted by Gasteiger charge is 2.22. The van der Waals surface area contributed by atoms with E-state index in [9.17, 15) is 4.79 Å². The summed E-state index contributed by atoms with van der Waals surface area (Å²) in [6, 6.07) is 11.1. The maximum absolute atomic E-state index is 12.6. The van der Waals surface area contributed by atoms with Crippen LogP contribution in [0, 0.1) is 6.92 Å². The van der Waals surface area contributed by atoms with Crippen LogP contribution in [0.3, 0.4) is 0 Å². The van der Waals surface area contributed by atoms with Crippen molar-refractivity contribution in [3.63, 3.8) is 0 Å². The van der Waals surface area contributed by atoms with Gasteiger partial charge in [0, 0.05) is 11.1 Å². The molecular weight excluding hydrogens is 388 g/mol. The molecule has 0 saturated carbocycles. The number of ketones is 1. The monoisotopic (exact) mass is 424 g/mol. The second kappa shape index (κ2) is 10.0. The summed E-state index contributed by atoms with van der Waals surface area (Å²) in [5.74, 6) is 2.12. The van der Waals surface area contributed by atoms with E-state index in [0.717, 1.165) is 23.3 Å². The molecule has 0 aliphatic heterocycles. The lowest BCUT2D eigenvalue weighted by Gasteiger charge is -2.28. The minimum Gasteiger partial charge on any atom is -0.494 e. The van der Waals surface area contributed by atoms with E-state index >= 15 is 0 Å². The SMILES string of the molecule is CCCOc1ccc(C(=O)/C=C/c2ccc(OC(C)(C)C)c(OC(C)(C)C)c2C)cc1. The van der Waals surface area contributed by atoms with Gasteiger partial charge in [0.25, 0.3) is 0 Å². The second-order valence-electron chi connectivity index (χ2n) is 9.61. The summed E-state index contributed by atoms with van der Waals surface area (Å²) in [7, 11) is 0. The van der Waals surface area contributed by atoms with Gasteiger partial charge in [-0.05, 0) is 96.9 Å². The van der Waals surface area contributed by atoms with Crippen LogP contribution < -0.4 is 14.2 Å². The summed E-state index contributed by atoms with van der Waals surface area (Å²) in [6.45, 7) is 16.8. The van der Waals surface area contributed by atoms with Crippen molar-refractivity contribution >= 4 is 11.9 Å². The van der Waals surface area contributed by atoms with Crippen LogP contribution in [0.1, 0.15) is 76.4 Å². The van der Waals surface area contributed by atoms with E-state index in [1.807, 2.05) is 78.8 Å². The summed E-state index contributed by atoms with van der Waals surface area (Å²) in [4.78, 5) is 12.6. The van der Waals surface area contributed by atoms with Gasteiger partial charge < -0.3 is 14.2 Å². The number of carbonyl (C=O) groups is 1. The lowest BCUT2D eigenvalue weighted by Crippen LogP contribution is -2.27. The number of hydrogen-bond donors (Lipinski definition) is 0. The van der Waals surface area contributed by atoms with Crippen LogP contribution in [0.25, 0.3) is 6.08 Å². The molecule has 0 N–H and O–H groups in total. The van der Waals surface area contributed by atoms with E-state index in [1.54, 1.807) is 18.2 Å². The Morgan fingerprint density at radius 1 is 0.903 bits per heavy atom. The summed E-state index contributed by atoms with van der Waals surface area (Å²) in [5.41, 5.74) is 1.75. The average Bonchev–Trinajstić information content (AvgIpc) is 2.67. The normalized spacial score (nSPS) is 12.1. The van der Waals surface area contributed by atoms with Crippen molar-refractivity contribution in [3.05, 3.63) is 59.2 Å². The number of hydrogen-bond acceptors (Lipinski definition) is 4. The van der Waals surface area contributed by atoms with Gasteiger partial charge in [-0.1, -0.05) is 19.1 Å². The molecule has 0 aliphatic rings. The molecule has 4 heteroatoms. The minimum atomic E-state index is -0.374.